The topological polar surface area (TPSA) is 94.6 Å². The summed E-state index contributed by atoms with van der Waals surface area (Å²) in [6.07, 6.45) is 1.67. The minimum absolute atomic E-state index is 0.307. The van der Waals surface area contributed by atoms with Crippen LogP contribution in [0.2, 0.25) is 0 Å². The van der Waals surface area contributed by atoms with Crippen molar-refractivity contribution in [3.05, 3.63) is 77.0 Å². The van der Waals surface area contributed by atoms with Crippen LogP contribution in [0.25, 0.3) is 5.69 Å². The molecule has 3 aromatic rings. The maximum atomic E-state index is 13.1. The van der Waals surface area contributed by atoms with Crippen LogP contribution >= 0.6 is 0 Å². The Hall–Kier alpha value is -3.34. The quantitative estimate of drug-likeness (QED) is 0.444. The van der Waals surface area contributed by atoms with E-state index in [4.69, 9.17) is 15.2 Å². The van der Waals surface area contributed by atoms with E-state index in [1.54, 1.807) is 25.0 Å². The molecule has 1 aromatic heterocycles. The molecule has 2 aromatic carbocycles. The largest absolute Gasteiger partial charge is 0.384 e. The number of anilines is 1. The number of urea groups is 1. The van der Waals surface area contributed by atoms with E-state index in [1.165, 1.54) is 12.1 Å². The molecule has 4 rings (SSSR count). The number of methoxy groups -OCH3 is 2. The number of aromatic nitrogens is 2. The monoisotopic (exact) mass is 515 g/mol. The molecule has 200 valence electrons. The number of para-hydroxylation sites is 1. The van der Waals surface area contributed by atoms with Crippen LogP contribution in [0.3, 0.4) is 0 Å². The van der Waals surface area contributed by atoms with Crippen molar-refractivity contribution in [2.45, 2.75) is 25.7 Å². The molecule has 1 aliphatic heterocycles. The third kappa shape index (κ3) is 7.82. The van der Waals surface area contributed by atoms with Crippen LogP contribution < -0.4 is 11.1 Å². The standard InChI is InChI=1S/C14H18N4O2.C13H17F2NO/c1-10-12(8-9-20-2)17-18(13(10)16-14(15)19)11-6-4-3-5-7-11;1-17-7-6-16-5-4-11(9-16)10-2-3-12(14)13(15)8-10/h3-7H,8-9H2,1-2H3,(H3,15,16,19);2-3,8,11H,4-7,9H2,1H3. The number of rotatable bonds is 9. The van der Waals surface area contributed by atoms with Gasteiger partial charge in [0.25, 0.3) is 0 Å². The fourth-order valence-corrected chi connectivity index (χ4v) is 4.29. The molecule has 37 heavy (non-hydrogen) atoms. The van der Waals surface area contributed by atoms with E-state index in [-0.39, 0.29) is 0 Å². The van der Waals surface area contributed by atoms with Crippen molar-refractivity contribution in [2.24, 2.45) is 5.73 Å². The van der Waals surface area contributed by atoms with E-state index in [2.05, 4.69) is 15.3 Å². The molecule has 1 atom stereocenters. The number of ether oxygens (including phenoxy) is 2. The predicted octanol–water partition coefficient (Wildman–Crippen LogP) is 4.26. The van der Waals surface area contributed by atoms with E-state index in [1.807, 2.05) is 37.3 Å². The number of primary amides is 1. The molecule has 0 spiro atoms. The molecule has 10 heteroatoms. The van der Waals surface area contributed by atoms with Gasteiger partial charge in [-0.2, -0.15) is 5.10 Å². The highest BCUT2D eigenvalue weighted by Gasteiger charge is 2.24. The fraction of sp³-hybridized carbons (Fsp3) is 0.407. The highest BCUT2D eigenvalue weighted by atomic mass is 19.2. The van der Waals surface area contributed by atoms with Crippen molar-refractivity contribution in [3.8, 4) is 5.69 Å². The Morgan fingerprint density at radius 2 is 1.84 bits per heavy atom. The Balaban J connectivity index is 0.000000208. The van der Waals surface area contributed by atoms with Gasteiger partial charge in [-0.15, -0.1) is 0 Å². The summed E-state index contributed by atoms with van der Waals surface area (Å²) in [5, 5.41) is 7.17. The zero-order chi connectivity index (χ0) is 26.8. The van der Waals surface area contributed by atoms with Crippen LogP contribution in [0.1, 0.15) is 29.2 Å². The van der Waals surface area contributed by atoms with Gasteiger partial charge in [-0.1, -0.05) is 24.3 Å². The number of hydrogen-bond donors (Lipinski definition) is 2. The number of nitrogens with one attached hydrogen (secondary N) is 1. The highest BCUT2D eigenvalue weighted by Crippen LogP contribution is 2.28. The van der Waals surface area contributed by atoms with Crippen LogP contribution in [0, 0.1) is 18.6 Å². The van der Waals surface area contributed by atoms with Gasteiger partial charge < -0.3 is 20.1 Å². The van der Waals surface area contributed by atoms with Gasteiger partial charge in [-0.25, -0.2) is 18.3 Å². The minimum Gasteiger partial charge on any atom is -0.384 e. The molecule has 2 amide bonds. The molecule has 0 saturated carbocycles. The third-order valence-corrected chi connectivity index (χ3v) is 6.31. The first-order valence-corrected chi connectivity index (χ1v) is 12.2. The zero-order valence-electron chi connectivity index (χ0n) is 21.5. The number of nitrogens with two attached hydrogens (primary N) is 1. The Kier molecular flexibility index (Phi) is 10.6. The van der Waals surface area contributed by atoms with Crippen molar-refractivity contribution in [1.82, 2.24) is 14.7 Å². The van der Waals surface area contributed by atoms with Crippen molar-refractivity contribution in [3.63, 3.8) is 0 Å². The number of hydrogen-bond acceptors (Lipinski definition) is 5. The summed E-state index contributed by atoms with van der Waals surface area (Å²) in [5.41, 5.74) is 8.76. The molecule has 0 radical (unpaired) electrons. The van der Waals surface area contributed by atoms with Gasteiger partial charge in [0, 0.05) is 39.3 Å². The molecule has 0 bridgehead atoms. The van der Waals surface area contributed by atoms with Gasteiger partial charge in [0.1, 0.15) is 5.82 Å². The number of nitrogens with zero attached hydrogens (tertiary/aromatic N) is 3. The van der Waals surface area contributed by atoms with Crippen molar-refractivity contribution in [1.29, 1.82) is 0 Å². The van der Waals surface area contributed by atoms with Gasteiger partial charge in [-0.05, 0) is 55.6 Å². The zero-order valence-corrected chi connectivity index (χ0v) is 21.5. The van der Waals surface area contributed by atoms with Crippen molar-refractivity contribution >= 4 is 11.8 Å². The molecule has 3 N–H and O–H groups in total. The molecular weight excluding hydrogens is 480 g/mol. The van der Waals surface area contributed by atoms with Crippen LogP contribution in [-0.4, -0.2) is 67.8 Å². The summed E-state index contributed by atoms with van der Waals surface area (Å²) < 4.78 is 37.7. The van der Waals surface area contributed by atoms with E-state index in [0.717, 1.165) is 48.6 Å². The van der Waals surface area contributed by atoms with Crippen molar-refractivity contribution < 1.29 is 23.0 Å². The second kappa shape index (κ2) is 13.8. The Morgan fingerprint density at radius 3 is 2.49 bits per heavy atom. The summed E-state index contributed by atoms with van der Waals surface area (Å²) in [6.45, 7) is 5.98. The highest BCUT2D eigenvalue weighted by molar-refractivity contribution is 5.88. The Labute approximate surface area is 216 Å². The van der Waals surface area contributed by atoms with E-state index < -0.39 is 17.7 Å². The van der Waals surface area contributed by atoms with Crippen LogP contribution in [-0.2, 0) is 15.9 Å². The first-order valence-electron chi connectivity index (χ1n) is 12.2. The predicted molar refractivity (Wildman–Crippen MR) is 139 cm³/mol. The SMILES string of the molecule is COCCN1CCC(c2ccc(F)c(F)c2)C1.COCCc1nn(-c2ccccc2)c(NC(N)=O)c1C. The van der Waals surface area contributed by atoms with E-state index >= 15 is 0 Å². The number of halogens is 2. The Bertz CT molecular complexity index is 1160. The van der Waals surface area contributed by atoms with Gasteiger partial charge in [0.05, 0.1) is 24.6 Å². The second-order valence-electron chi connectivity index (χ2n) is 8.85. The molecule has 8 nitrogen and oxygen atoms in total. The summed E-state index contributed by atoms with van der Waals surface area (Å²) in [4.78, 5) is 13.5. The van der Waals surface area contributed by atoms with Gasteiger partial charge in [0.2, 0.25) is 0 Å². The summed E-state index contributed by atoms with van der Waals surface area (Å²) >= 11 is 0. The molecule has 2 heterocycles. The normalized spacial score (nSPS) is 15.3. The lowest BCUT2D eigenvalue weighted by atomic mass is 9.98. The number of likely N-dealkylation sites (tertiary alicyclic amines) is 1. The molecular formula is C27H35F2N5O3. The smallest absolute Gasteiger partial charge is 0.317 e. The van der Waals surface area contributed by atoms with Crippen molar-refractivity contribution in [2.75, 3.05) is 52.4 Å². The van der Waals surface area contributed by atoms with Crippen LogP contribution in [0.4, 0.5) is 19.4 Å². The fourth-order valence-electron chi connectivity index (χ4n) is 4.29. The summed E-state index contributed by atoms with van der Waals surface area (Å²) in [7, 11) is 3.33. The molecule has 1 aliphatic rings. The maximum absolute atomic E-state index is 13.1. The minimum atomic E-state index is -0.775. The number of carbonyl (C=O) groups excluding carboxylic acids is 1. The first-order chi connectivity index (χ1) is 17.8. The number of benzene rings is 2. The average Bonchev–Trinajstić information content (AvgIpc) is 3.49. The van der Waals surface area contributed by atoms with Gasteiger partial charge in [-0.3, -0.25) is 5.32 Å². The molecule has 1 saturated heterocycles. The van der Waals surface area contributed by atoms with E-state index in [9.17, 15) is 13.6 Å². The Morgan fingerprint density at radius 1 is 1.11 bits per heavy atom. The lowest BCUT2D eigenvalue weighted by molar-refractivity contribution is 0.160. The molecule has 1 unspecified atom stereocenters. The lowest BCUT2D eigenvalue weighted by Gasteiger charge is -2.15. The van der Waals surface area contributed by atoms with E-state index in [0.29, 0.717) is 31.4 Å². The van der Waals surface area contributed by atoms with Gasteiger partial charge >= 0.3 is 6.03 Å². The van der Waals surface area contributed by atoms with Gasteiger partial charge in [0.15, 0.2) is 11.6 Å². The second-order valence-corrected chi connectivity index (χ2v) is 8.85. The third-order valence-electron chi connectivity index (χ3n) is 6.31. The van der Waals surface area contributed by atoms with Crippen LogP contribution in [0.15, 0.2) is 48.5 Å². The summed E-state index contributed by atoms with van der Waals surface area (Å²) in [5.74, 6) is -0.627. The summed E-state index contributed by atoms with van der Waals surface area (Å²) in [6, 6.07) is 13.2. The average molecular weight is 516 g/mol. The molecule has 1 fully saturated rings. The maximum Gasteiger partial charge on any atom is 0.317 e. The number of amides is 2. The number of carbonyl (C=O) groups is 1. The molecule has 0 aliphatic carbocycles. The lowest BCUT2D eigenvalue weighted by Crippen LogP contribution is -2.24. The van der Waals surface area contributed by atoms with Crippen LogP contribution in [0.5, 0.6) is 0 Å². The first kappa shape index (κ1) is 28.2.